The molecule has 3 rings (SSSR count). The number of alkyl carbamates (subject to hydrolysis) is 1. The molecule has 0 spiro atoms. The molecule has 1 amide bonds. The number of ether oxygens (including phenoxy) is 1. The van der Waals surface area contributed by atoms with Crippen LogP contribution < -0.4 is 5.32 Å². The van der Waals surface area contributed by atoms with Crippen molar-refractivity contribution in [3.63, 3.8) is 0 Å². The molecule has 2 aromatic carbocycles. The first kappa shape index (κ1) is 14.4. The summed E-state index contributed by atoms with van der Waals surface area (Å²) in [7, 11) is 1.39. The molecular formula is C19H19NO2. The van der Waals surface area contributed by atoms with E-state index in [0.717, 1.165) is 11.1 Å². The monoisotopic (exact) mass is 293 g/mol. The zero-order valence-electron chi connectivity index (χ0n) is 12.7. The number of hydrogen-bond acceptors (Lipinski definition) is 2. The maximum absolute atomic E-state index is 11.8. The molecule has 1 aliphatic rings. The number of rotatable bonds is 2. The van der Waals surface area contributed by atoms with Crippen molar-refractivity contribution in [3.05, 3.63) is 76.9 Å². The molecule has 1 aliphatic carbocycles. The SMILES string of the molecule is COC(=O)N[C@@H]1c2ccccc2C=C[C@@H]1c1ccc(C)cc1. The predicted octanol–water partition coefficient (Wildman–Crippen LogP) is 4.20. The van der Waals surface area contributed by atoms with Crippen LogP contribution in [0.1, 0.15) is 34.2 Å². The van der Waals surface area contributed by atoms with E-state index in [1.807, 2.05) is 12.1 Å². The number of benzene rings is 2. The minimum atomic E-state index is -0.410. The highest BCUT2D eigenvalue weighted by atomic mass is 16.5. The third-order valence-electron chi connectivity index (χ3n) is 4.09. The molecule has 0 saturated carbocycles. The van der Waals surface area contributed by atoms with Crippen molar-refractivity contribution < 1.29 is 9.53 Å². The lowest BCUT2D eigenvalue weighted by Gasteiger charge is -2.30. The number of nitrogens with one attached hydrogen (secondary N) is 1. The molecule has 1 N–H and O–H groups in total. The zero-order valence-corrected chi connectivity index (χ0v) is 12.7. The number of amides is 1. The van der Waals surface area contributed by atoms with Gasteiger partial charge in [-0.25, -0.2) is 4.79 Å². The van der Waals surface area contributed by atoms with E-state index in [9.17, 15) is 4.79 Å². The van der Waals surface area contributed by atoms with Crippen LogP contribution in [-0.2, 0) is 4.74 Å². The molecule has 112 valence electrons. The highest BCUT2D eigenvalue weighted by Crippen LogP contribution is 2.38. The van der Waals surface area contributed by atoms with Gasteiger partial charge < -0.3 is 10.1 Å². The van der Waals surface area contributed by atoms with Crippen molar-refractivity contribution in [2.75, 3.05) is 7.11 Å². The maximum Gasteiger partial charge on any atom is 0.407 e. The average molecular weight is 293 g/mol. The first-order valence-electron chi connectivity index (χ1n) is 7.37. The summed E-state index contributed by atoms with van der Waals surface area (Å²) in [4.78, 5) is 11.8. The lowest BCUT2D eigenvalue weighted by atomic mass is 9.80. The van der Waals surface area contributed by atoms with Crippen LogP contribution in [0.3, 0.4) is 0 Å². The van der Waals surface area contributed by atoms with Crippen LogP contribution in [0.4, 0.5) is 4.79 Å². The molecule has 0 saturated heterocycles. The lowest BCUT2D eigenvalue weighted by Crippen LogP contribution is -2.33. The van der Waals surface area contributed by atoms with Crippen molar-refractivity contribution in [1.29, 1.82) is 0 Å². The van der Waals surface area contributed by atoms with Gasteiger partial charge in [0.15, 0.2) is 0 Å². The molecule has 3 heteroatoms. The van der Waals surface area contributed by atoms with E-state index in [2.05, 4.69) is 60.8 Å². The minimum absolute atomic E-state index is 0.0922. The summed E-state index contributed by atoms with van der Waals surface area (Å²) in [6.07, 6.45) is 3.86. The number of fused-ring (bicyclic) bond motifs is 1. The number of carbonyl (C=O) groups excluding carboxylic acids is 1. The molecule has 0 heterocycles. The fourth-order valence-electron chi connectivity index (χ4n) is 2.90. The van der Waals surface area contributed by atoms with Gasteiger partial charge in [-0.1, -0.05) is 66.2 Å². The van der Waals surface area contributed by atoms with Crippen LogP contribution >= 0.6 is 0 Å². The Bertz CT molecular complexity index is 704. The van der Waals surface area contributed by atoms with E-state index in [1.54, 1.807) is 0 Å². The number of carbonyl (C=O) groups is 1. The summed E-state index contributed by atoms with van der Waals surface area (Å²) in [6, 6.07) is 16.4. The fraction of sp³-hybridized carbons (Fsp3) is 0.211. The van der Waals surface area contributed by atoms with E-state index in [4.69, 9.17) is 4.74 Å². The van der Waals surface area contributed by atoms with Gasteiger partial charge in [0.25, 0.3) is 0 Å². The van der Waals surface area contributed by atoms with Crippen molar-refractivity contribution in [2.45, 2.75) is 18.9 Å². The minimum Gasteiger partial charge on any atom is -0.453 e. The van der Waals surface area contributed by atoms with Crippen molar-refractivity contribution >= 4 is 12.2 Å². The summed E-state index contributed by atoms with van der Waals surface area (Å²) in [5.74, 6) is 0.0922. The average Bonchev–Trinajstić information content (AvgIpc) is 2.56. The molecule has 0 radical (unpaired) electrons. The molecule has 3 nitrogen and oxygen atoms in total. The standard InChI is InChI=1S/C19H19NO2/c1-13-7-9-15(10-8-13)17-12-11-14-5-3-4-6-16(14)18(17)20-19(21)22-2/h3-12,17-18H,1-2H3,(H,20,21)/t17-,18-/m1/s1. The molecule has 22 heavy (non-hydrogen) atoms. The second-order valence-corrected chi connectivity index (χ2v) is 5.54. The van der Waals surface area contributed by atoms with E-state index >= 15 is 0 Å². The Morgan fingerprint density at radius 3 is 2.55 bits per heavy atom. The lowest BCUT2D eigenvalue weighted by molar-refractivity contribution is 0.165. The first-order valence-corrected chi connectivity index (χ1v) is 7.37. The van der Waals surface area contributed by atoms with E-state index in [1.165, 1.54) is 18.2 Å². The zero-order chi connectivity index (χ0) is 15.5. The Hall–Kier alpha value is -2.55. The highest BCUT2D eigenvalue weighted by molar-refractivity contribution is 5.70. The van der Waals surface area contributed by atoms with E-state index in [0.29, 0.717) is 0 Å². The van der Waals surface area contributed by atoms with E-state index in [-0.39, 0.29) is 12.0 Å². The van der Waals surface area contributed by atoms with Crippen molar-refractivity contribution in [3.8, 4) is 0 Å². The van der Waals surface area contributed by atoms with Crippen LogP contribution in [0.2, 0.25) is 0 Å². The van der Waals surface area contributed by atoms with E-state index < -0.39 is 6.09 Å². The van der Waals surface area contributed by atoms with Gasteiger partial charge in [0.2, 0.25) is 0 Å². The van der Waals surface area contributed by atoms with Crippen LogP contribution in [0.5, 0.6) is 0 Å². The summed E-state index contributed by atoms with van der Waals surface area (Å²) in [5, 5.41) is 2.98. The van der Waals surface area contributed by atoms with Gasteiger partial charge in [-0.2, -0.15) is 0 Å². The normalized spacial score (nSPS) is 19.4. The summed E-state index contributed by atoms with van der Waals surface area (Å²) < 4.78 is 4.80. The van der Waals surface area contributed by atoms with Crippen LogP contribution in [0.15, 0.2) is 54.6 Å². The summed E-state index contributed by atoms with van der Waals surface area (Å²) in [6.45, 7) is 2.07. The topological polar surface area (TPSA) is 38.3 Å². The van der Waals surface area contributed by atoms with Gasteiger partial charge >= 0.3 is 6.09 Å². The number of methoxy groups -OCH3 is 1. The molecule has 0 aromatic heterocycles. The largest absolute Gasteiger partial charge is 0.453 e. The van der Waals surface area contributed by atoms with Gasteiger partial charge in [0.05, 0.1) is 13.2 Å². The molecule has 0 bridgehead atoms. The molecule has 2 atom stereocenters. The van der Waals surface area contributed by atoms with Crippen LogP contribution in [-0.4, -0.2) is 13.2 Å². The molecule has 0 aliphatic heterocycles. The van der Waals surface area contributed by atoms with Gasteiger partial charge in [-0.3, -0.25) is 0 Å². The quantitative estimate of drug-likeness (QED) is 0.901. The van der Waals surface area contributed by atoms with Crippen molar-refractivity contribution in [2.24, 2.45) is 0 Å². The summed E-state index contributed by atoms with van der Waals surface area (Å²) >= 11 is 0. The van der Waals surface area contributed by atoms with Crippen molar-refractivity contribution in [1.82, 2.24) is 5.32 Å². The Kier molecular flexibility index (Phi) is 3.96. The molecular weight excluding hydrogens is 274 g/mol. The Balaban J connectivity index is 2.01. The molecule has 0 unspecified atom stereocenters. The Labute approximate surface area is 130 Å². The number of hydrogen-bond donors (Lipinski definition) is 1. The third-order valence-corrected chi connectivity index (χ3v) is 4.09. The Morgan fingerprint density at radius 2 is 1.82 bits per heavy atom. The second-order valence-electron chi connectivity index (χ2n) is 5.54. The first-order chi connectivity index (χ1) is 10.7. The molecule has 0 fully saturated rings. The van der Waals surface area contributed by atoms with Gasteiger partial charge in [-0.15, -0.1) is 0 Å². The third kappa shape index (κ3) is 2.75. The predicted molar refractivity (Wildman–Crippen MR) is 87.7 cm³/mol. The second kappa shape index (κ2) is 6.06. The fourth-order valence-corrected chi connectivity index (χ4v) is 2.90. The Morgan fingerprint density at radius 1 is 1.09 bits per heavy atom. The van der Waals surface area contributed by atoms with Gasteiger partial charge in [0.1, 0.15) is 0 Å². The van der Waals surface area contributed by atoms with Crippen LogP contribution in [0, 0.1) is 6.92 Å². The highest BCUT2D eigenvalue weighted by Gasteiger charge is 2.28. The molecule has 2 aromatic rings. The van der Waals surface area contributed by atoms with Gasteiger partial charge in [0, 0.05) is 5.92 Å². The number of aryl methyl sites for hydroxylation is 1. The van der Waals surface area contributed by atoms with Crippen LogP contribution in [0.25, 0.3) is 6.08 Å². The summed E-state index contributed by atoms with van der Waals surface area (Å²) in [5.41, 5.74) is 4.65. The maximum atomic E-state index is 11.8. The van der Waals surface area contributed by atoms with Gasteiger partial charge in [-0.05, 0) is 23.6 Å². The smallest absolute Gasteiger partial charge is 0.407 e.